The summed E-state index contributed by atoms with van der Waals surface area (Å²) >= 11 is 0. The summed E-state index contributed by atoms with van der Waals surface area (Å²) in [5.74, 6) is 0.313. The van der Waals surface area contributed by atoms with Crippen molar-refractivity contribution in [1.82, 2.24) is 4.98 Å². The predicted octanol–water partition coefficient (Wildman–Crippen LogP) is 4.30. The number of fused-ring (bicyclic) bond motifs is 1. The molecule has 8 heteroatoms. The third kappa shape index (κ3) is 3.51. The lowest BCUT2D eigenvalue weighted by Crippen LogP contribution is -2.15. The lowest BCUT2D eigenvalue weighted by atomic mass is 10.2. The molecule has 0 fully saturated rings. The number of hydrogen-bond donors (Lipinski definition) is 2. The topological polar surface area (TPSA) is 96.7 Å². The average Bonchev–Trinajstić information content (AvgIpc) is 3.00. The first-order chi connectivity index (χ1) is 13.4. The third-order valence-electron chi connectivity index (χ3n) is 4.64. The number of benzene rings is 2. The molecule has 146 valence electrons. The second kappa shape index (κ2) is 7.21. The smallest absolute Gasteiger partial charge is 0.187 e. The minimum absolute atomic E-state index is 0.120. The van der Waals surface area contributed by atoms with Crippen molar-refractivity contribution < 1.29 is 22.3 Å². The molecule has 0 bridgehead atoms. The van der Waals surface area contributed by atoms with Gasteiger partial charge in [-0.1, -0.05) is 24.3 Å². The molecule has 0 saturated heterocycles. The Morgan fingerprint density at radius 2 is 1.71 bits per heavy atom. The van der Waals surface area contributed by atoms with E-state index in [2.05, 4.69) is 4.98 Å². The van der Waals surface area contributed by atoms with Crippen LogP contribution >= 0.6 is 10.6 Å². The van der Waals surface area contributed by atoms with Gasteiger partial charge in [0.15, 0.2) is 9.84 Å². The van der Waals surface area contributed by atoms with Crippen LogP contribution in [0.5, 0.6) is 5.75 Å². The molecule has 1 unspecified atom stereocenters. The Morgan fingerprint density at radius 1 is 1.00 bits per heavy atom. The van der Waals surface area contributed by atoms with Gasteiger partial charge in [0.25, 0.3) is 0 Å². The van der Waals surface area contributed by atoms with E-state index in [1.807, 2.05) is 18.2 Å². The highest BCUT2D eigenvalue weighted by atomic mass is 32.3. The van der Waals surface area contributed by atoms with Crippen molar-refractivity contribution in [2.75, 3.05) is 5.75 Å². The van der Waals surface area contributed by atoms with Gasteiger partial charge in [0, 0.05) is 6.20 Å². The number of sulfone groups is 1. The number of hydrogen-bond acceptors (Lipinski definition) is 6. The molecule has 28 heavy (non-hydrogen) atoms. The van der Waals surface area contributed by atoms with Crippen molar-refractivity contribution in [2.24, 2.45) is 0 Å². The summed E-state index contributed by atoms with van der Waals surface area (Å²) in [6.45, 7) is 0.282. The van der Waals surface area contributed by atoms with E-state index < -0.39 is 25.7 Å². The Morgan fingerprint density at radius 3 is 2.43 bits per heavy atom. The molecule has 0 spiro atoms. The van der Waals surface area contributed by atoms with Crippen LogP contribution in [0.15, 0.2) is 82.7 Å². The minimum Gasteiger partial charge on any atom is -0.487 e. The molecule has 1 atom stereocenters. The number of nitrogens with zero attached hydrogens (tertiary/aromatic N) is 1. The fourth-order valence-corrected chi connectivity index (χ4v) is 7.63. The van der Waals surface area contributed by atoms with Crippen LogP contribution in [0.3, 0.4) is 0 Å². The van der Waals surface area contributed by atoms with Gasteiger partial charge in [-0.2, -0.15) is 10.6 Å². The summed E-state index contributed by atoms with van der Waals surface area (Å²) in [6.07, 6.45) is 1.68. The molecule has 1 aliphatic rings. The molecular weight excluding hydrogens is 398 g/mol. The summed E-state index contributed by atoms with van der Waals surface area (Å²) in [7, 11) is -6.88. The Kier molecular flexibility index (Phi) is 4.88. The standard InChI is InChI=1S/C20H19NO5S2/c22-27(23)14-20(18-6-1-2-7-19(18)27)28(24,25)17-10-8-16(9-11-17)26-13-15-5-3-4-12-21-15/h1-12,20,22-23H,13-14H2. The van der Waals surface area contributed by atoms with Crippen molar-refractivity contribution in [1.29, 1.82) is 0 Å². The van der Waals surface area contributed by atoms with E-state index in [9.17, 15) is 17.5 Å². The van der Waals surface area contributed by atoms with Gasteiger partial charge >= 0.3 is 0 Å². The Balaban J connectivity index is 1.56. The zero-order chi connectivity index (χ0) is 19.8. The first kappa shape index (κ1) is 18.9. The first-order valence-electron chi connectivity index (χ1n) is 8.59. The number of pyridine rings is 1. The summed E-state index contributed by atoms with van der Waals surface area (Å²) < 4.78 is 52.5. The molecule has 0 saturated carbocycles. The van der Waals surface area contributed by atoms with Gasteiger partial charge in [-0.3, -0.25) is 14.1 Å². The zero-order valence-corrected chi connectivity index (χ0v) is 16.4. The van der Waals surface area contributed by atoms with E-state index in [1.54, 1.807) is 42.6 Å². The summed E-state index contributed by atoms with van der Waals surface area (Å²) in [6, 6.07) is 18.3. The van der Waals surface area contributed by atoms with E-state index in [0.29, 0.717) is 16.2 Å². The van der Waals surface area contributed by atoms with Crippen LogP contribution in [0.25, 0.3) is 0 Å². The van der Waals surface area contributed by atoms with E-state index in [0.717, 1.165) is 5.69 Å². The predicted molar refractivity (Wildman–Crippen MR) is 107 cm³/mol. The summed E-state index contributed by atoms with van der Waals surface area (Å²) in [5.41, 5.74) is 1.23. The average molecular weight is 418 g/mol. The maximum Gasteiger partial charge on any atom is 0.187 e. The van der Waals surface area contributed by atoms with Crippen LogP contribution in [0.4, 0.5) is 0 Å². The molecule has 6 nitrogen and oxygen atoms in total. The van der Waals surface area contributed by atoms with E-state index in [-0.39, 0.29) is 17.3 Å². The maximum absolute atomic E-state index is 13.1. The van der Waals surface area contributed by atoms with Crippen LogP contribution in [0.1, 0.15) is 16.5 Å². The van der Waals surface area contributed by atoms with Crippen LogP contribution in [0.2, 0.25) is 0 Å². The molecule has 2 N–H and O–H groups in total. The van der Waals surface area contributed by atoms with E-state index >= 15 is 0 Å². The normalized spacial score (nSPS) is 19.0. The van der Waals surface area contributed by atoms with Crippen LogP contribution in [-0.4, -0.2) is 28.3 Å². The van der Waals surface area contributed by atoms with Gasteiger partial charge in [0.2, 0.25) is 0 Å². The first-order valence-corrected chi connectivity index (χ1v) is 11.9. The second-order valence-electron chi connectivity index (χ2n) is 6.49. The van der Waals surface area contributed by atoms with Gasteiger partial charge in [-0.25, -0.2) is 8.42 Å². The molecule has 3 aromatic rings. The molecule has 2 heterocycles. The lowest BCUT2D eigenvalue weighted by molar-refractivity contribution is 0.301. The molecular formula is C20H19NO5S2. The van der Waals surface area contributed by atoms with E-state index in [1.165, 1.54) is 12.1 Å². The van der Waals surface area contributed by atoms with Gasteiger partial charge in [0.1, 0.15) is 17.6 Å². The molecule has 0 radical (unpaired) electrons. The van der Waals surface area contributed by atoms with Crippen molar-refractivity contribution in [3.63, 3.8) is 0 Å². The van der Waals surface area contributed by atoms with Gasteiger partial charge in [0.05, 0.1) is 21.2 Å². The van der Waals surface area contributed by atoms with Gasteiger partial charge in [-0.15, -0.1) is 0 Å². The highest BCUT2D eigenvalue weighted by Gasteiger charge is 2.42. The number of ether oxygens (including phenoxy) is 1. The minimum atomic E-state index is -3.77. The van der Waals surface area contributed by atoms with Gasteiger partial charge < -0.3 is 4.74 Å². The van der Waals surface area contributed by atoms with Crippen molar-refractivity contribution in [3.05, 3.63) is 84.2 Å². The molecule has 4 rings (SSSR count). The highest BCUT2D eigenvalue weighted by Crippen LogP contribution is 2.61. The molecule has 1 aromatic heterocycles. The summed E-state index contributed by atoms with van der Waals surface area (Å²) in [4.78, 5) is 4.61. The molecule has 0 amide bonds. The van der Waals surface area contributed by atoms with Crippen molar-refractivity contribution in [2.45, 2.75) is 21.6 Å². The van der Waals surface area contributed by atoms with Crippen LogP contribution in [-0.2, 0) is 16.4 Å². The molecule has 1 aliphatic heterocycles. The van der Waals surface area contributed by atoms with Crippen LogP contribution < -0.4 is 4.74 Å². The molecule has 0 aliphatic carbocycles. The Bertz CT molecular complexity index is 1080. The fourth-order valence-electron chi connectivity index (χ4n) is 3.22. The molecule has 2 aromatic carbocycles. The monoisotopic (exact) mass is 417 g/mol. The zero-order valence-electron chi connectivity index (χ0n) is 14.8. The van der Waals surface area contributed by atoms with Gasteiger partial charge in [-0.05, 0) is 48.0 Å². The third-order valence-corrected chi connectivity index (χ3v) is 8.83. The highest BCUT2D eigenvalue weighted by molar-refractivity contribution is 8.25. The summed E-state index contributed by atoms with van der Waals surface area (Å²) in [5, 5.41) is -0.978. The quantitative estimate of drug-likeness (QED) is 0.642. The number of aromatic nitrogens is 1. The Labute approximate surface area is 165 Å². The SMILES string of the molecule is O=S(=O)(c1ccc(OCc2ccccn2)cc1)C1CS(O)(O)c2ccccc21. The van der Waals surface area contributed by atoms with Crippen molar-refractivity contribution >= 4 is 20.4 Å². The largest absolute Gasteiger partial charge is 0.487 e. The maximum atomic E-state index is 13.1. The van der Waals surface area contributed by atoms with Crippen LogP contribution in [0, 0.1) is 0 Å². The van der Waals surface area contributed by atoms with Crippen molar-refractivity contribution in [3.8, 4) is 5.75 Å². The van der Waals surface area contributed by atoms with E-state index in [4.69, 9.17) is 4.74 Å². The fraction of sp³-hybridized carbons (Fsp3) is 0.150. The lowest BCUT2D eigenvalue weighted by Gasteiger charge is -2.27. The Hall–Kier alpha value is -2.39. The second-order valence-corrected chi connectivity index (χ2v) is 10.7. The number of rotatable bonds is 5.